The number of rotatable bonds is 6. The van der Waals surface area contributed by atoms with Gasteiger partial charge in [0.25, 0.3) is 5.91 Å². The largest absolute Gasteiger partial charge is 0.411 e. The third kappa shape index (κ3) is 5.04. The lowest BCUT2D eigenvalue weighted by Crippen LogP contribution is -2.37. The summed E-state index contributed by atoms with van der Waals surface area (Å²) in [4.78, 5) is 12.5. The van der Waals surface area contributed by atoms with Gasteiger partial charge >= 0.3 is 6.18 Å². The minimum absolute atomic E-state index is 0.268. The zero-order valence-corrected chi connectivity index (χ0v) is 14.5. The maximum absolute atomic E-state index is 13.1. The first-order chi connectivity index (χ1) is 12.1. The second kappa shape index (κ2) is 7.86. The Morgan fingerprint density at radius 1 is 1.27 bits per heavy atom. The first-order valence-electron chi connectivity index (χ1n) is 7.86. The van der Waals surface area contributed by atoms with E-state index in [9.17, 15) is 22.4 Å². The molecule has 5 nitrogen and oxygen atoms in total. The molecule has 0 aliphatic carbocycles. The topological polar surface area (TPSA) is 56.2 Å². The number of halogens is 4. The molecule has 0 radical (unpaired) electrons. The van der Waals surface area contributed by atoms with Gasteiger partial charge in [0.05, 0.1) is 29.2 Å². The molecule has 1 atom stereocenters. The lowest BCUT2D eigenvalue weighted by molar-refractivity contribution is -0.174. The first kappa shape index (κ1) is 19.9. The molecule has 0 saturated heterocycles. The highest BCUT2D eigenvalue weighted by Crippen LogP contribution is 2.19. The van der Waals surface area contributed by atoms with E-state index in [1.165, 1.54) is 28.9 Å². The molecule has 1 aromatic heterocycles. The quantitative estimate of drug-likeness (QED) is 0.791. The van der Waals surface area contributed by atoms with E-state index < -0.39 is 24.7 Å². The molecule has 1 unspecified atom stereocenters. The summed E-state index contributed by atoms with van der Waals surface area (Å²) >= 11 is 0. The standard InChI is InChI=1S/C17H19F4N3O2/c1-10(8-26-9-17(19,20)21)22-16(25)15-11(2)23-24(12(15)3)14-6-4-13(18)5-7-14/h4-7,10H,8-9H2,1-3H3,(H,22,25). The van der Waals surface area contributed by atoms with E-state index in [0.717, 1.165) is 0 Å². The Hall–Kier alpha value is -2.42. The van der Waals surface area contributed by atoms with E-state index in [1.54, 1.807) is 20.8 Å². The third-order valence-corrected chi connectivity index (χ3v) is 3.60. The predicted octanol–water partition coefficient (Wildman–Crippen LogP) is 3.33. The highest BCUT2D eigenvalue weighted by Gasteiger charge is 2.28. The molecule has 2 aromatic rings. The van der Waals surface area contributed by atoms with Gasteiger partial charge in [-0.2, -0.15) is 18.3 Å². The van der Waals surface area contributed by atoms with Crippen LogP contribution < -0.4 is 5.32 Å². The summed E-state index contributed by atoms with van der Waals surface area (Å²) in [6.07, 6.45) is -4.41. The van der Waals surface area contributed by atoms with Crippen LogP contribution in [0.4, 0.5) is 17.6 Å². The lowest BCUT2D eigenvalue weighted by atomic mass is 10.1. The number of aromatic nitrogens is 2. The molecule has 0 saturated carbocycles. The molecule has 1 N–H and O–H groups in total. The number of benzene rings is 1. The molecule has 0 aliphatic rings. The predicted molar refractivity (Wildman–Crippen MR) is 86.8 cm³/mol. The van der Waals surface area contributed by atoms with Gasteiger partial charge in [0, 0.05) is 6.04 Å². The zero-order valence-electron chi connectivity index (χ0n) is 14.5. The molecular weight excluding hydrogens is 354 g/mol. The Labute approximate surface area is 148 Å². The van der Waals surface area contributed by atoms with Crippen molar-refractivity contribution < 1.29 is 27.1 Å². The van der Waals surface area contributed by atoms with Gasteiger partial charge in [-0.05, 0) is 45.0 Å². The van der Waals surface area contributed by atoms with Gasteiger partial charge in [0.15, 0.2) is 0 Å². The van der Waals surface area contributed by atoms with Crippen LogP contribution in [0.25, 0.3) is 5.69 Å². The summed E-state index contributed by atoms with van der Waals surface area (Å²) in [5.41, 5.74) is 1.90. The zero-order chi connectivity index (χ0) is 19.5. The van der Waals surface area contributed by atoms with Crippen molar-refractivity contribution in [1.29, 1.82) is 0 Å². The van der Waals surface area contributed by atoms with Gasteiger partial charge in [0.2, 0.25) is 0 Å². The van der Waals surface area contributed by atoms with Crippen molar-refractivity contribution in [2.45, 2.75) is 33.0 Å². The molecule has 0 spiro atoms. The van der Waals surface area contributed by atoms with Crippen LogP contribution in [0.15, 0.2) is 24.3 Å². The van der Waals surface area contributed by atoms with Crippen molar-refractivity contribution >= 4 is 5.91 Å². The fraction of sp³-hybridized carbons (Fsp3) is 0.412. The van der Waals surface area contributed by atoms with Crippen molar-refractivity contribution in [1.82, 2.24) is 15.1 Å². The van der Waals surface area contributed by atoms with Gasteiger partial charge < -0.3 is 10.1 Å². The second-order valence-electron chi connectivity index (χ2n) is 5.94. The number of hydrogen-bond donors (Lipinski definition) is 1. The van der Waals surface area contributed by atoms with E-state index in [2.05, 4.69) is 15.2 Å². The molecule has 142 valence electrons. The smallest absolute Gasteiger partial charge is 0.370 e. The van der Waals surface area contributed by atoms with Crippen molar-refractivity contribution in [3.05, 3.63) is 47.0 Å². The van der Waals surface area contributed by atoms with E-state index in [-0.39, 0.29) is 12.4 Å². The number of nitrogens with one attached hydrogen (secondary N) is 1. The molecule has 0 aliphatic heterocycles. The normalized spacial score (nSPS) is 12.9. The van der Waals surface area contributed by atoms with E-state index in [0.29, 0.717) is 22.6 Å². The summed E-state index contributed by atoms with van der Waals surface area (Å²) in [6.45, 7) is 3.24. The van der Waals surface area contributed by atoms with Crippen LogP contribution >= 0.6 is 0 Å². The summed E-state index contributed by atoms with van der Waals surface area (Å²) in [7, 11) is 0. The van der Waals surface area contributed by atoms with Crippen LogP contribution in [0.1, 0.15) is 28.7 Å². The molecular formula is C17H19F4N3O2. The van der Waals surface area contributed by atoms with Crippen LogP contribution in [0.2, 0.25) is 0 Å². The van der Waals surface area contributed by atoms with Crippen LogP contribution in [0.5, 0.6) is 0 Å². The van der Waals surface area contributed by atoms with Crippen molar-refractivity contribution in [2.24, 2.45) is 0 Å². The average Bonchev–Trinajstić information content (AvgIpc) is 2.81. The minimum Gasteiger partial charge on any atom is -0.370 e. The summed E-state index contributed by atoms with van der Waals surface area (Å²) < 4.78 is 55.4. The van der Waals surface area contributed by atoms with Gasteiger partial charge in [-0.1, -0.05) is 0 Å². The molecule has 0 bridgehead atoms. The van der Waals surface area contributed by atoms with Crippen molar-refractivity contribution in [3.8, 4) is 5.69 Å². The molecule has 0 fully saturated rings. The third-order valence-electron chi connectivity index (χ3n) is 3.60. The number of carbonyl (C=O) groups is 1. The minimum atomic E-state index is -4.41. The van der Waals surface area contributed by atoms with E-state index >= 15 is 0 Å². The van der Waals surface area contributed by atoms with E-state index in [4.69, 9.17) is 0 Å². The van der Waals surface area contributed by atoms with Crippen LogP contribution in [0, 0.1) is 19.7 Å². The Kier molecular flexibility index (Phi) is 6.01. The van der Waals surface area contributed by atoms with Crippen molar-refractivity contribution in [2.75, 3.05) is 13.2 Å². The Morgan fingerprint density at radius 2 is 1.88 bits per heavy atom. The van der Waals surface area contributed by atoms with Crippen LogP contribution in [-0.4, -0.2) is 41.1 Å². The number of alkyl halides is 3. The monoisotopic (exact) mass is 373 g/mol. The number of amides is 1. The maximum atomic E-state index is 13.1. The molecule has 1 heterocycles. The molecule has 26 heavy (non-hydrogen) atoms. The molecule has 1 aromatic carbocycles. The average molecular weight is 373 g/mol. The molecule has 9 heteroatoms. The number of carbonyl (C=O) groups excluding carboxylic acids is 1. The fourth-order valence-electron chi connectivity index (χ4n) is 2.49. The first-order valence-corrected chi connectivity index (χ1v) is 7.86. The van der Waals surface area contributed by atoms with Gasteiger partial charge in [-0.15, -0.1) is 0 Å². The number of hydrogen-bond acceptors (Lipinski definition) is 3. The molecule has 2 rings (SSSR count). The number of aryl methyl sites for hydroxylation is 1. The fourth-order valence-corrected chi connectivity index (χ4v) is 2.49. The van der Waals surface area contributed by atoms with Gasteiger partial charge in [-0.3, -0.25) is 4.79 Å². The van der Waals surface area contributed by atoms with Crippen molar-refractivity contribution in [3.63, 3.8) is 0 Å². The number of ether oxygens (including phenoxy) is 1. The lowest BCUT2D eigenvalue weighted by Gasteiger charge is -2.15. The summed E-state index contributed by atoms with van der Waals surface area (Å²) in [5, 5.41) is 6.88. The van der Waals surface area contributed by atoms with Crippen LogP contribution in [0.3, 0.4) is 0 Å². The Morgan fingerprint density at radius 3 is 2.46 bits per heavy atom. The number of nitrogens with zero attached hydrogens (tertiary/aromatic N) is 2. The summed E-state index contributed by atoms with van der Waals surface area (Å²) in [5.74, 6) is -0.850. The van der Waals surface area contributed by atoms with E-state index in [1.807, 2.05) is 0 Å². The second-order valence-corrected chi connectivity index (χ2v) is 5.94. The highest BCUT2D eigenvalue weighted by atomic mass is 19.4. The maximum Gasteiger partial charge on any atom is 0.411 e. The SMILES string of the molecule is Cc1nn(-c2ccc(F)cc2)c(C)c1C(=O)NC(C)COCC(F)(F)F. The van der Waals surface area contributed by atoms with Gasteiger partial charge in [0.1, 0.15) is 12.4 Å². The van der Waals surface area contributed by atoms with Crippen LogP contribution in [-0.2, 0) is 4.74 Å². The Balaban J connectivity index is 2.08. The highest BCUT2D eigenvalue weighted by molar-refractivity contribution is 5.96. The summed E-state index contributed by atoms with van der Waals surface area (Å²) in [6, 6.07) is 5.02. The Bertz CT molecular complexity index is 770. The molecule has 1 amide bonds. The van der Waals surface area contributed by atoms with Gasteiger partial charge in [-0.25, -0.2) is 9.07 Å².